The average Bonchev–Trinajstić information content (AvgIpc) is 2.84. The third kappa shape index (κ3) is 2.81. The van der Waals surface area contributed by atoms with Crippen molar-refractivity contribution in [2.45, 2.75) is 32.9 Å². The Labute approximate surface area is 140 Å². The lowest BCUT2D eigenvalue weighted by Crippen LogP contribution is -2.22. The molecule has 25 heavy (non-hydrogen) atoms. The molecule has 2 aromatic heterocycles. The van der Waals surface area contributed by atoms with Gasteiger partial charge in [0.05, 0.1) is 5.56 Å². The monoisotopic (exact) mass is 353 g/mol. The summed E-state index contributed by atoms with van der Waals surface area (Å²) in [6.07, 6.45) is -4.47. The number of halogens is 4. The van der Waals surface area contributed by atoms with Crippen LogP contribution in [0.5, 0.6) is 0 Å². The van der Waals surface area contributed by atoms with E-state index in [0.29, 0.717) is 11.3 Å². The molecule has 0 unspecified atom stereocenters. The number of fused-ring (bicyclic) bond motifs is 1. The number of aryl methyl sites for hydroxylation is 1. The van der Waals surface area contributed by atoms with E-state index >= 15 is 0 Å². The van der Waals surface area contributed by atoms with Crippen molar-refractivity contribution in [1.29, 1.82) is 0 Å². The molecule has 0 radical (unpaired) electrons. The summed E-state index contributed by atoms with van der Waals surface area (Å²) in [5.41, 5.74) is -0.440. The molecule has 0 bridgehead atoms. The van der Waals surface area contributed by atoms with Crippen LogP contribution in [0.25, 0.3) is 16.9 Å². The van der Waals surface area contributed by atoms with Gasteiger partial charge in [-0.3, -0.25) is 9.89 Å². The van der Waals surface area contributed by atoms with Gasteiger partial charge < -0.3 is 0 Å². The van der Waals surface area contributed by atoms with Crippen molar-refractivity contribution in [2.75, 3.05) is 0 Å². The quantitative estimate of drug-likeness (QED) is 0.699. The Morgan fingerprint density at radius 2 is 1.76 bits per heavy atom. The first-order chi connectivity index (χ1) is 11.6. The minimum atomic E-state index is -4.47. The summed E-state index contributed by atoms with van der Waals surface area (Å²) in [6, 6.07) is 4.03. The number of benzene rings is 1. The maximum atomic E-state index is 14.7. The van der Waals surface area contributed by atoms with Crippen molar-refractivity contribution < 1.29 is 17.6 Å². The van der Waals surface area contributed by atoms with E-state index < -0.39 is 23.1 Å². The molecule has 3 rings (SSSR count). The molecule has 132 valence electrons. The highest BCUT2D eigenvalue weighted by Gasteiger charge is 2.30. The first kappa shape index (κ1) is 17.2. The first-order valence-corrected chi connectivity index (χ1v) is 7.59. The predicted octanol–water partition coefficient (Wildman–Crippen LogP) is 4.28. The van der Waals surface area contributed by atoms with Gasteiger partial charge in [-0.15, -0.1) is 0 Å². The minimum absolute atomic E-state index is 0.0846. The van der Waals surface area contributed by atoms with E-state index in [1.807, 2.05) is 13.8 Å². The van der Waals surface area contributed by atoms with E-state index in [4.69, 9.17) is 0 Å². The largest absolute Gasteiger partial charge is 0.416 e. The summed E-state index contributed by atoms with van der Waals surface area (Å²) in [5, 5.41) is 2.61. The van der Waals surface area contributed by atoms with Crippen LogP contribution in [-0.2, 0) is 6.18 Å². The lowest BCUT2D eigenvalue weighted by atomic mass is 10.0. The fraction of sp³-hybridized carbons (Fsp3) is 0.294. The van der Waals surface area contributed by atoms with Crippen molar-refractivity contribution in [3.63, 3.8) is 0 Å². The third-order valence-corrected chi connectivity index (χ3v) is 4.03. The van der Waals surface area contributed by atoms with Crippen molar-refractivity contribution in [3.8, 4) is 11.3 Å². The lowest BCUT2D eigenvalue weighted by Gasteiger charge is -2.07. The van der Waals surface area contributed by atoms with E-state index in [2.05, 4.69) is 10.1 Å². The summed E-state index contributed by atoms with van der Waals surface area (Å²) in [6.45, 7) is 5.28. The molecule has 0 saturated heterocycles. The molecule has 3 aromatic rings. The van der Waals surface area contributed by atoms with E-state index in [1.54, 1.807) is 6.92 Å². The van der Waals surface area contributed by atoms with Crippen LogP contribution < -0.4 is 5.56 Å². The van der Waals surface area contributed by atoms with Gasteiger partial charge in [0.2, 0.25) is 0 Å². The molecule has 2 heterocycles. The van der Waals surface area contributed by atoms with Crippen LogP contribution in [0.3, 0.4) is 0 Å². The molecule has 0 aliphatic carbocycles. The van der Waals surface area contributed by atoms with Gasteiger partial charge in [-0.25, -0.2) is 9.37 Å². The van der Waals surface area contributed by atoms with Gasteiger partial charge in [-0.05, 0) is 25.0 Å². The van der Waals surface area contributed by atoms with Crippen molar-refractivity contribution in [1.82, 2.24) is 14.6 Å². The summed E-state index contributed by atoms with van der Waals surface area (Å²) >= 11 is 0. The lowest BCUT2D eigenvalue weighted by molar-refractivity contribution is -0.137. The summed E-state index contributed by atoms with van der Waals surface area (Å²) in [7, 11) is 0. The molecule has 0 aliphatic rings. The molecule has 1 N–H and O–H groups in total. The topological polar surface area (TPSA) is 50.2 Å². The van der Waals surface area contributed by atoms with E-state index in [9.17, 15) is 22.4 Å². The van der Waals surface area contributed by atoms with Gasteiger partial charge in [0.1, 0.15) is 5.69 Å². The Bertz CT molecular complexity index is 998. The van der Waals surface area contributed by atoms with Crippen molar-refractivity contribution in [2.24, 2.45) is 0 Å². The zero-order chi connectivity index (χ0) is 18.5. The van der Waals surface area contributed by atoms with Crippen LogP contribution in [0.2, 0.25) is 0 Å². The van der Waals surface area contributed by atoms with Crippen LogP contribution in [0.15, 0.2) is 29.1 Å². The Morgan fingerprint density at radius 3 is 2.28 bits per heavy atom. The Balaban J connectivity index is 2.20. The van der Waals surface area contributed by atoms with Gasteiger partial charge in [0.25, 0.3) is 5.56 Å². The number of aromatic amines is 1. The van der Waals surface area contributed by atoms with Crippen LogP contribution in [-0.4, -0.2) is 14.6 Å². The van der Waals surface area contributed by atoms with Crippen molar-refractivity contribution in [3.05, 3.63) is 57.3 Å². The highest BCUT2D eigenvalue weighted by atomic mass is 19.4. The number of alkyl halides is 3. The van der Waals surface area contributed by atoms with E-state index in [0.717, 1.165) is 28.8 Å². The molecule has 0 atom stereocenters. The second kappa shape index (κ2) is 5.72. The molecule has 0 amide bonds. The molecule has 0 fully saturated rings. The summed E-state index contributed by atoms with van der Waals surface area (Å²) in [5.74, 6) is -0.881. The zero-order valence-corrected chi connectivity index (χ0v) is 13.7. The summed E-state index contributed by atoms with van der Waals surface area (Å²) < 4.78 is 53.6. The zero-order valence-electron chi connectivity index (χ0n) is 13.7. The number of aromatic nitrogens is 3. The highest BCUT2D eigenvalue weighted by Crippen LogP contribution is 2.31. The second-order valence-electron chi connectivity index (χ2n) is 6.11. The smallest absolute Gasteiger partial charge is 0.286 e. The molecule has 8 heteroatoms. The standard InChI is InChI=1S/C17H15F4N3O/c1-8(2)12-9(3)22-15-13(18)14(23-24(15)16(12)25)10-4-6-11(7-5-10)17(19,20)21/h4-8,23H,1-3H3. The first-order valence-electron chi connectivity index (χ1n) is 7.59. The molecule has 1 aromatic carbocycles. The molecular formula is C17H15F4N3O. The number of rotatable bonds is 2. The highest BCUT2D eigenvalue weighted by molar-refractivity contribution is 5.66. The van der Waals surface area contributed by atoms with E-state index in [-0.39, 0.29) is 22.8 Å². The molecular weight excluding hydrogens is 338 g/mol. The van der Waals surface area contributed by atoms with Crippen LogP contribution in [0.1, 0.15) is 36.6 Å². The van der Waals surface area contributed by atoms with Crippen LogP contribution >= 0.6 is 0 Å². The average molecular weight is 353 g/mol. The fourth-order valence-corrected chi connectivity index (χ4v) is 2.85. The van der Waals surface area contributed by atoms with Gasteiger partial charge in [0.15, 0.2) is 11.5 Å². The number of nitrogens with one attached hydrogen (secondary N) is 1. The Kier molecular flexibility index (Phi) is 3.93. The second-order valence-corrected chi connectivity index (χ2v) is 6.11. The SMILES string of the molecule is Cc1nc2c(F)c(-c3ccc(C(F)(F)F)cc3)[nH]n2c(=O)c1C(C)C. The molecule has 0 spiro atoms. The number of nitrogens with zero attached hydrogens (tertiary/aromatic N) is 2. The van der Waals surface area contributed by atoms with Gasteiger partial charge in [-0.1, -0.05) is 26.0 Å². The van der Waals surface area contributed by atoms with Crippen LogP contribution in [0.4, 0.5) is 17.6 Å². The maximum absolute atomic E-state index is 14.7. The summed E-state index contributed by atoms with van der Waals surface area (Å²) in [4.78, 5) is 16.7. The third-order valence-electron chi connectivity index (χ3n) is 4.03. The predicted molar refractivity (Wildman–Crippen MR) is 85.0 cm³/mol. The van der Waals surface area contributed by atoms with Crippen molar-refractivity contribution >= 4 is 5.65 Å². The van der Waals surface area contributed by atoms with Crippen LogP contribution in [0, 0.1) is 12.7 Å². The number of hydrogen-bond donors (Lipinski definition) is 1. The minimum Gasteiger partial charge on any atom is -0.286 e. The Hall–Kier alpha value is -2.64. The van der Waals surface area contributed by atoms with Gasteiger partial charge in [-0.2, -0.15) is 17.7 Å². The molecule has 0 saturated carbocycles. The normalized spacial score (nSPS) is 12.3. The fourth-order valence-electron chi connectivity index (χ4n) is 2.85. The number of hydrogen-bond acceptors (Lipinski definition) is 2. The Morgan fingerprint density at radius 1 is 1.16 bits per heavy atom. The van der Waals surface area contributed by atoms with Gasteiger partial charge in [0, 0.05) is 16.8 Å². The molecule has 4 nitrogen and oxygen atoms in total. The van der Waals surface area contributed by atoms with Gasteiger partial charge >= 0.3 is 6.18 Å². The van der Waals surface area contributed by atoms with E-state index in [1.165, 1.54) is 0 Å². The maximum Gasteiger partial charge on any atom is 0.416 e. The number of H-pyrrole nitrogens is 1. The molecule has 0 aliphatic heterocycles.